The molecule has 1 aliphatic rings. The van der Waals surface area contributed by atoms with Crippen LogP contribution in [0.1, 0.15) is 19.8 Å². The number of likely N-dealkylation sites (tertiary alicyclic amines) is 1. The van der Waals surface area contributed by atoms with Crippen LogP contribution in [-0.4, -0.2) is 61.9 Å². The molecule has 0 N–H and O–H groups in total. The van der Waals surface area contributed by atoms with Gasteiger partial charge in [-0.05, 0) is 38.1 Å². The minimum Gasteiger partial charge on any atom is -0.302 e. The van der Waals surface area contributed by atoms with E-state index in [4.69, 9.17) is 0 Å². The Morgan fingerprint density at radius 2 is 1.86 bits per heavy atom. The van der Waals surface area contributed by atoms with Crippen LogP contribution in [0.4, 0.5) is 0 Å². The molecule has 6 heteroatoms. The van der Waals surface area contributed by atoms with Crippen LogP contribution >= 0.6 is 11.8 Å². The van der Waals surface area contributed by atoms with Gasteiger partial charge in [-0.1, -0.05) is 25.1 Å². The van der Waals surface area contributed by atoms with E-state index in [1.165, 1.54) is 11.2 Å². The van der Waals surface area contributed by atoms with Crippen LogP contribution in [0.3, 0.4) is 0 Å². The zero-order valence-corrected chi connectivity index (χ0v) is 15.1. The fraction of sp³-hybridized carbons (Fsp3) is 0.625. The van der Waals surface area contributed by atoms with Crippen molar-refractivity contribution in [3.8, 4) is 0 Å². The van der Waals surface area contributed by atoms with Crippen LogP contribution in [0, 0.1) is 0 Å². The molecule has 1 heterocycles. The van der Waals surface area contributed by atoms with Gasteiger partial charge < -0.3 is 4.90 Å². The number of thioether (sulfide) groups is 1. The molecule has 0 amide bonds. The lowest BCUT2D eigenvalue weighted by atomic mass is 10.1. The summed E-state index contributed by atoms with van der Waals surface area (Å²) < 4.78 is 25.2. The molecule has 1 fully saturated rings. The monoisotopic (exact) mass is 342 g/mol. The van der Waals surface area contributed by atoms with E-state index in [2.05, 4.69) is 29.2 Å². The zero-order valence-electron chi connectivity index (χ0n) is 13.4. The smallest absolute Gasteiger partial charge is 0.211 e. The molecule has 2 rings (SSSR count). The van der Waals surface area contributed by atoms with E-state index in [9.17, 15) is 8.42 Å². The first-order chi connectivity index (χ1) is 10.5. The molecule has 0 aromatic heterocycles. The van der Waals surface area contributed by atoms with Crippen molar-refractivity contribution in [2.75, 3.05) is 38.2 Å². The third-order valence-electron chi connectivity index (χ3n) is 4.12. The number of benzene rings is 1. The quantitative estimate of drug-likeness (QED) is 0.714. The highest BCUT2D eigenvalue weighted by atomic mass is 32.2. The van der Waals surface area contributed by atoms with Crippen molar-refractivity contribution in [1.29, 1.82) is 0 Å². The molecule has 124 valence electrons. The maximum absolute atomic E-state index is 11.8. The fourth-order valence-corrected chi connectivity index (χ4v) is 5.16. The Balaban J connectivity index is 1.73. The van der Waals surface area contributed by atoms with E-state index < -0.39 is 10.0 Å². The summed E-state index contributed by atoms with van der Waals surface area (Å²) >= 11 is 1.88. The molecule has 0 saturated carbocycles. The summed E-state index contributed by atoms with van der Waals surface area (Å²) in [5.41, 5.74) is 0. The molecule has 1 aliphatic heterocycles. The highest BCUT2D eigenvalue weighted by molar-refractivity contribution is 7.99. The topological polar surface area (TPSA) is 40.6 Å². The first-order valence-electron chi connectivity index (χ1n) is 7.87. The van der Waals surface area contributed by atoms with Crippen molar-refractivity contribution in [3.63, 3.8) is 0 Å². The fourth-order valence-electron chi connectivity index (χ4n) is 3.00. The first kappa shape index (κ1) is 17.8. The molecule has 1 aromatic carbocycles. The lowest BCUT2D eigenvalue weighted by Gasteiger charge is -2.36. The van der Waals surface area contributed by atoms with Gasteiger partial charge >= 0.3 is 0 Å². The van der Waals surface area contributed by atoms with E-state index in [-0.39, 0.29) is 6.04 Å². The summed E-state index contributed by atoms with van der Waals surface area (Å²) in [6.07, 6.45) is 3.20. The van der Waals surface area contributed by atoms with Gasteiger partial charge in [0.05, 0.1) is 6.26 Å². The van der Waals surface area contributed by atoms with E-state index in [1.54, 1.807) is 4.31 Å². The summed E-state index contributed by atoms with van der Waals surface area (Å²) in [4.78, 5) is 3.76. The summed E-state index contributed by atoms with van der Waals surface area (Å²) in [6.45, 7) is 5.55. The highest BCUT2D eigenvalue weighted by Gasteiger charge is 2.28. The molecule has 1 saturated heterocycles. The van der Waals surface area contributed by atoms with Crippen molar-refractivity contribution in [2.45, 2.75) is 30.7 Å². The van der Waals surface area contributed by atoms with Gasteiger partial charge in [0, 0.05) is 29.8 Å². The Hall–Kier alpha value is -0.560. The number of piperidine rings is 1. The van der Waals surface area contributed by atoms with Crippen molar-refractivity contribution in [1.82, 2.24) is 9.21 Å². The van der Waals surface area contributed by atoms with Gasteiger partial charge in [-0.25, -0.2) is 8.42 Å². The average molecular weight is 343 g/mol. The van der Waals surface area contributed by atoms with Crippen LogP contribution in [0.5, 0.6) is 0 Å². The maximum Gasteiger partial charge on any atom is 0.211 e. The second kappa shape index (κ2) is 8.34. The summed E-state index contributed by atoms with van der Waals surface area (Å²) in [5, 5.41) is 0. The van der Waals surface area contributed by atoms with E-state index in [1.807, 2.05) is 24.8 Å². The number of rotatable bonds is 7. The normalized spacial score (nSPS) is 18.0. The molecule has 0 bridgehead atoms. The third kappa shape index (κ3) is 5.26. The van der Waals surface area contributed by atoms with Crippen molar-refractivity contribution in [2.24, 2.45) is 0 Å². The standard InChI is InChI=1S/C16H26N2O2S2/c1-3-18(22(2,19)20)15-9-11-17(12-10-15)13-14-21-16-7-5-4-6-8-16/h4-8,15H,3,9-14H2,1-2H3. The second-order valence-corrected chi connectivity index (χ2v) is 8.80. The lowest BCUT2D eigenvalue weighted by Crippen LogP contribution is -2.47. The van der Waals surface area contributed by atoms with Crippen molar-refractivity contribution >= 4 is 21.8 Å². The second-order valence-electron chi connectivity index (χ2n) is 5.70. The van der Waals surface area contributed by atoms with Crippen LogP contribution in [0.2, 0.25) is 0 Å². The number of hydrogen-bond acceptors (Lipinski definition) is 4. The Bertz CT molecular complexity index is 541. The van der Waals surface area contributed by atoms with Crippen molar-refractivity contribution in [3.05, 3.63) is 30.3 Å². The van der Waals surface area contributed by atoms with Gasteiger partial charge in [0.15, 0.2) is 0 Å². The van der Waals surface area contributed by atoms with Gasteiger partial charge in [0.2, 0.25) is 10.0 Å². The van der Waals surface area contributed by atoms with E-state index in [0.717, 1.165) is 38.2 Å². The van der Waals surface area contributed by atoms with Crippen LogP contribution in [0.15, 0.2) is 35.2 Å². The molecule has 4 nitrogen and oxygen atoms in total. The molecule has 0 spiro atoms. The highest BCUT2D eigenvalue weighted by Crippen LogP contribution is 2.21. The molecule has 0 aliphatic carbocycles. The summed E-state index contributed by atoms with van der Waals surface area (Å²) in [7, 11) is -3.07. The van der Waals surface area contributed by atoms with Gasteiger partial charge in [-0.15, -0.1) is 11.8 Å². The predicted octanol–water partition coefficient (Wildman–Crippen LogP) is 2.52. The Labute approximate surface area is 138 Å². The third-order valence-corrected chi connectivity index (χ3v) is 6.52. The van der Waals surface area contributed by atoms with Crippen LogP contribution in [0.25, 0.3) is 0 Å². The molecule has 0 radical (unpaired) electrons. The molecule has 22 heavy (non-hydrogen) atoms. The molecule has 0 unspecified atom stereocenters. The molecular formula is C16H26N2O2S2. The largest absolute Gasteiger partial charge is 0.302 e. The Morgan fingerprint density at radius 1 is 1.23 bits per heavy atom. The number of sulfonamides is 1. The number of hydrogen-bond donors (Lipinski definition) is 0. The van der Waals surface area contributed by atoms with Gasteiger partial charge in [0.1, 0.15) is 0 Å². The van der Waals surface area contributed by atoms with E-state index >= 15 is 0 Å². The lowest BCUT2D eigenvalue weighted by molar-refractivity contribution is 0.169. The minimum atomic E-state index is -3.07. The maximum atomic E-state index is 11.8. The molecule has 0 atom stereocenters. The molecule has 1 aromatic rings. The van der Waals surface area contributed by atoms with Crippen molar-refractivity contribution < 1.29 is 8.42 Å². The summed E-state index contributed by atoms with van der Waals surface area (Å²) in [6, 6.07) is 10.6. The predicted molar refractivity (Wildman–Crippen MR) is 93.9 cm³/mol. The van der Waals surface area contributed by atoms with Gasteiger partial charge in [-0.2, -0.15) is 4.31 Å². The number of nitrogens with zero attached hydrogens (tertiary/aromatic N) is 2. The zero-order chi connectivity index (χ0) is 16.0. The summed E-state index contributed by atoms with van der Waals surface area (Å²) in [5.74, 6) is 1.08. The Kier molecular flexibility index (Phi) is 6.74. The van der Waals surface area contributed by atoms with Gasteiger partial charge in [-0.3, -0.25) is 0 Å². The van der Waals surface area contributed by atoms with E-state index in [0.29, 0.717) is 6.54 Å². The first-order valence-corrected chi connectivity index (χ1v) is 10.7. The van der Waals surface area contributed by atoms with Crippen LogP contribution < -0.4 is 0 Å². The van der Waals surface area contributed by atoms with Gasteiger partial charge in [0.25, 0.3) is 0 Å². The molecular weight excluding hydrogens is 316 g/mol. The Morgan fingerprint density at radius 3 is 2.41 bits per heavy atom. The minimum absolute atomic E-state index is 0.179. The average Bonchev–Trinajstić information content (AvgIpc) is 2.49. The SMILES string of the molecule is CCN(C1CCN(CCSc2ccccc2)CC1)S(C)(=O)=O. The van der Waals surface area contributed by atoms with Crippen LogP contribution in [-0.2, 0) is 10.0 Å².